The molecule has 0 aliphatic carbocycles. The van der Waals surface area contributed by atoms with Crippen LogP contribution in [0.25, 0.3) is 11.1 Å². The third-order valence-electron chi connectivity index (χ3n) is 6.86. The number of nitrogens with zero attached hydrogens (tertiary/aromatic N) is 1. The van der Waals surface area contributed by atoms with Crippen molar-refractivity contribution in [3.63, 3.8) is 0 Å². The zero-order valence-corrected chi connectivity index (χ0v) is 23.1. The Bertz CT molecular complexity index is 1350. The molecule has 4 atom stereocenters. The second-order valence-electron chi connectivity index (χ2n) is 9.13. The Hall–Kier alpha value is -3.35. The van der Waals surface area contributed by atoms with Gasteiger partial charge in [0.05, 0.1) is 36.1 Å². The van der Waals surface area contributed by atoms with Gasteiger partial charge in [0.1, 0.15) is 11.3 Å². The molecule has 0 unspecified atom stereocenters. The molecular formula is C26H25Cl2F3N2O7. The van der Waals surface area contributed by atoms with Gasteiger partial charge in [-0.25, -0.2) is 4.79 Å². The summed E-state index contributed by atoms with van der Waals surface area (Å²) < 4.78 is 42.4. The van der Waals surface area contributed by atoms with E-state index in [1.165, 1.54) is 12.0 Å². The van der Waals surface area contributed by atoms with E-state index in [-0.39, 0.29) is 18.4 Å². The quantitative estimate of drug-likeness (QED) is 0.378. The molecule has 2 saturated heterocycles. The van der Waals surface area contributed by atoms with Crippen molar-refractivity contribution in [1.29, 1.82) is 0 Å². The molecule has 2 N–H and O–H groups in total. The topological polar surface area (TPSA) is 122 Å². The molecule has 2 fully saturated rings. The number of hydrogen-bond acceptors (Lipinski definition) is 7. The van der Waals surface area contributed by atoms with Crippen molar-refractivity contribution in [2.75, 3.05) is 20.8 Å². The van der Waals surface area contributed by atoms with E-state index in [9.17, 15) is 27.6 Å². The summed E-state index contributed by atoms with van der Waals surface area (Å²) in [4.78, 5) is 49.1. The van der Waals surface area contributed by atoms with Gasteiger partial charge in [0.15, 0.2) is 0 Å². The maximum Gasteiger partial charge on any atom is 0.490 e. The summed E-state index contributed by atoms with van der Waals surface area (Å²) in [5, 5.41) is 11.2. The Balaban J connectivity index is 0.000000559. The maximum atomic E-state index is 13.2. The second kappa shape index (κ2) is 11.6. The minimum absolute atomic E-state index is 0.244. The first-order valence-corrected chi connectivity index (χ1v) is 12.5. The molecule has 2 heterocycles. The number of carboxylic acid groups (broad SMARTS) is 1. The molecular weight excluding hydrogens is 580 g/mol. The predicted molar refractivity (Wildman–Crippen MR) is 138 cm³/mol. The lowest BCUT2D eigenvalue weighted by molar-refractivity contribution is -0.192. The number of alkyl halides is 3. The number of halogens is 5. The SMILES string of the molecule is CCN1C(=O)[C@H]2[C@@H](c3ccc(-c4ccc(Cl)c(Cl)c4)c(OC)c3)N[C@@](C)(C(=O)OC)[C@H]2C1=O.O=C(O)C(F)(F)F. The molecule has 0 saturated carbocycles. The fourth-order valence-electron chi connectivity index (χ4n) is 5.00. The molecule has 0 spiro atoms. The van der Waals surface area contributed by atoms with E-state index in [1.807, 2.05) is 24.3 Å². The number of nitrogens with one attached hydrogen (secondary N) is 1. The fraction of sp³-hybridized carbons (Fsp3) is 0.385. The molecule has 9 nitrogen and oxygen atoms in total. The normalized spacial score (nSPS) is 23.8. The van der Waals surface area contributed by atoms with Crippen molar-refractivity contribution in [3.8, 4) is 16.9 Å². The van der Waals surface area contributed by atoms with Crippen molar-refractivity contribution in [3.05, 3.63) is 52.0 Å². The Morgan fingerprint density at radius 2 is 1.70 bits per heavy atom. The van der Waals surface area contributed by atoms with Gasteiger partial charge < -0.3 is 14.6 Å². The third kappa shape index (κ3) is 5.61. The van der Waals surface area contributed by atoms with E-state index in [0.717, 1.165) is 16.7 Å². The zero-order valence-electron chi connectivity index (χ0n) is 21.6. The van der Waals surface area contributed by atoms with Crippen molar-refractivity contribution >= 4 is 47.0 Å². The summed E-state index contributed by atoms with van der Waals surface area (Å²) in [5.41, 5.74) is 0.983. The van der Waals surface area contributed by atoms with Gasteiger partial charge in [-0.05, 0) is 43.2 Å². The molecule has 2 aromatic rings. The average Bonchev–Trinajstić information content (AvgIpc) is 3.36. The second-order valence-corrected chi connectivity index (χ2v) is 9.95. The van der Waals surface area contributed by atoms with Gasteiger partial charge in [-0.15, -0.1) is 0 Å². The van der Waals surface area contributed by atoms with E-state index < -0.39 is 41.5 Å². The Labute approximate surface area is 237 Å². The molecule has 0 radical (unpaired) electrons. The average molecular weight is 605 g/mol. The standard InChI is InChI=1S/C24H24Cl2N2O5.C2HF3O2/c1-5-28-21(29)18-19(22(28)30)24(2,23(31)33-4)27-20(18)13-6-8-14(17(11-13)32-3)12-7-9-15(25)16(26)10-12;3-2(4,5)1(6)7/h6-11,18-20,27H,5H2,1-4H3;(H,6,7)/t18-,19-,20-,24-;/m1./s1. The number of fused-ring (bicyclic) bond motifs is 1. The van der Waals surface area contributed by atoms with Gasteiger partial charge in [0.25, 0.3) is 0 Å². The van der Waals surface area contributed by atoms with Gasteiger partial charge >= 0.3 is 18.1 Å². The lowest BCUT2D eigenvalue weighted by Gasteiger charge is -2.28. The third-order valence-corrected chi connectivity index (χ3v) is 7.60. The van der Waals surface area contributed by atoms with Gasteiger partial charge in [0.2, 0.25) is 11.8 Å². The van der Waals surface area contributed by atoms with E-state index in [0.29, 0.717) is 15.8 Å². The number of rotatable bonds is 5. The molecule has 40 heavy (non-hydrogen) atoms. The smallest absolute Gasteiger partial charge is 0.490 e. The van der Waals surface area contributed by atoms with Crippen LogP contribution >= 0.6 is 23.2 Å². The molecule has 0 aromatic heterocycles. The lowest BCUT2D eigenvalue weighted by atomic mass is 9.80. The monoisotopic (exact) mass is 604 g/mol. The summed E-state index contributed by atoms with van der Waals surface area (Å²) in [6, 6.07) is 10.2. The van der Waals surface area contributed by atoms with Crippen LogP contribution in [0.4, 0.5) is 13.2 Å². The van der Waals surface area contributed by atoms with Crippen LogP contribution in [0.5, 0.6) is 5.75 Å². The van der Waals surface area contributed by atoms with Crippen molar-refractivity contribution in [2.45, 2.75) is 31.6 Å². The summed E-state index contributed by atoms with van der Waals surface area (Å²) >= 11 is 12.2. The molecule has 14 heteroatoms. The molecule has 0 bridgehead atoms. The number of aliphatic carboxylic acids is 1. The summed E-state index contributed by atoms with van der Waals surface area (Å²) in [7, 11) is 2.82. The number of imide groups is 1. The van der Waals surface area contributed by atoms with Crippen molar-refractivity contribution in [2.24, 2.45) is 11.8 Å². The highest BCUT2D eigenvalue weighted by Crippen LogP contribution is 2.50. The number of carbonyl (C=O) groups is 4. The van der Waals surface area contributed by atoms with Gasteiger partial charge in [-0.3, -0.25) is 24.6 Å². The fourth-order valence-corrected chi connectivity index (χ4v) is 5.30. The number of methoxy groups -OCH3 is 2. The number of carboxylic acids is 1. The maximum absolute atomic E-state index is 13.2. The first-order chi connectivity index (χ1) is 18.6. The van der Waals surface area contributed by atoms with Gasteiger partial charge in [0, 0.05) is 18.2 Å². The number of amides is 2. The van der Waals surface area contributed by atoms with E-state index in [1.54, 1.807) is 33.1 Å². The molecule has 2 aliphatic heterocycles. The van der Waals surface area contributed by atoms with Crippen molar-refractivity contribution in [1.82, 2.24) is 10.2 Å². The summed E-state index contributed by atoms with van der Waals surface area (Å²) in [5.74, 6) is -5.05. The van der Waals surface area contributed by atoms with Crippen LogP contribution in [0.3, 0.4) is 0 Å². The Morgan fingerprint density at radius 1 is 1.07 bits per heavy atom. The van der Waals surface area contributed by atoms with Gasteiger partial charge in [-0.2, -0.15) is 13.2 Å². The Kier molecular flexibility index (Phi) is 9.07. The highest BCUT2D eigenvalue weighted by atomic mass is 35.5. The molecule has 2 aliphatic rings. The molecule has 2 aromatic carbocycles. The number of ether oxygens (including phenoxy) is 2. The van der Waals surface area contributed by atoms with E-state index >= 15 is 0 Å². The van der Waals surface area contributed by atoms with Crippen LogP contribution in [0.2, 0.25) is 10.0 Å². The van der Waals surface area contributed by atoms with Crippen molar-refractivity contribution < 1.29 is 46.9 Å². The van der Waals surface area contributed by atoms with Crippen LogP contribution in [0.1, 0.15) is 25.5 Å². The van der Waals surface area contributed by atoms with Crippen LogP contribution in [0, 0.1) is 11.8 Å². The van der Waals surface area contributed by atoms with Crippen LogP contribution in [-0.2, 0) is 23.9 Å². The van der Waals surface area contributed by atoms with E-state index in [4.69, 9.17) is 42.6 Å². The first kappa shape index (κ1) is 31.2. The summed E-state index contributed by atoms with van der Waals surface area (Å²) in [6.07, 6.45) is -5.08. The number of benzene rings is 2. The van der Waals surface area contributed by atoms with Crippen LogP contribution in [-0.4, -0.2) is 66.2 Å². The molecule has 216 valence electrons. The number of hydrogen-bond donors (Lipinski definition) is 2. The highest BCUT2D eigenvalue weighted by Gasteiger charge is 2.66. The predicted octanol–water partition coefficient (Wildman–Crippen LogP) is 4.50. The van der Waals surface area contributed by atoms with Crippen LogP contribution < -0.4 is 10.1 Å². The zero-order chi connectivity index (χ0) is 30.2. The van der Waals surface area contributed by atoms with Crippen LogP contribution in [0.15, 0.2) is 36.4 Å². The minimum atomic E-state index is -5.08. The lowest BCUT2D eigenvalue weighted by Crippen LogP contribution is -2.53. The first-order valence-electron chi connectivity index (χ1n) is 11.8. The number of esters is 1. The highest BCUT2D eigenvalue weighted by molar-refractivity contribution is 6.42. The minimum Gasteiger partial charge on any atom is -0.496 e. The number of likely N-dealkylation sites (tertiary alicyclic amines) is 1. The molecule has 2 amide bonds. The number of carbonyl (C=O) groups excluding carboxylic acids is 3. The Morgan fingerprint density at radius 3 is 2.20 bits per heavy atom. The van der Waals surface area contributed by atoms with Gasteiger partial charge in [-0.1, -0.05) is 41.4 Å². The van der Waals surface area contributed by atoms with E-state index in [2.05, 4.69) is 5.32 Å². The molecule has 4 rings (SSSR count). The summed E-state index contributed by atoms with van der Waals surface area (Å²) in [6.45, 7) is 3.60. The largest absolute Gasteiger partial charge is 0.496 e.